The summed E-state index contributed by atoms with van der Waals surface area (Å²) in [4.78, 5) is 2.48. The van der Waals surface area contributed by atoms with Crippen LogP contribution in [0.3, 0.4) is 0 Å². The van der Waals surface area contributed by atoms with Crippen molar-refractivity contribution in [3.8, 4) is 0 Å². The van der Waals surface area contributed by atoms with Gasteiger partial charge in [-0.3, -0.25) is 4.90 Å². The third kappa shape index (κ3) is 3.70. The first kappa shape index (κ1) is 15.5. The monoisotopic (exact) mass is 314 g/mol. The number of halogens is 1. The molecule has 3 heteroatoms. The lowest BCUT2D eigenvalue weighted by Crippen LogP contribution is -2.45. The molecule has 1 fully saturated rings. The maximum absolute atomic E-state index is 6.31. The van der Waals surface area contributed by atoms with Crippen LogP contribution >= 0.6 is 11.6 Å². The van der Waals surface area contributed by atoms with E-state index in [2.05, 4.69) is 48.2 Å². The van der Waals surface area contributed by atoms with Crippen LogP contribution in [0.1, 0.15) is 29.0 Å². The molecule has 2 atom stereocenters. The van der Waals surface area contributed by atoms with E-state index in [0.717, 1.165) is 31.1 Å². The van der Waals surface area contributed by atoms with Gasteiger partial charge in [-0.05, 0) is 48.1 Å². The molecular formula is C19H23ClN2. The lowest BCUT2D eigenvalue weighted by atomic mass is 9.88. The molecule has 0 radical (unpaired) electrons. The van der Waals surface area contributed by atoms with Gasteiger partial charge in [0, 0.05) is 30.7 Å². The number of likely N-dealkylation sites (tertiary alicyclic amines) is 1. The molecule has 22 heavy (non-hydrogen) atoms. The fraction of sp³-hybridized carbons (Fsp3) is 0.368. The molecular weight excluding hydrogens is 292 g/mol. The number of nitrogens with two attached hydrogens (primary N) is 1. The Labute approximate surface area is 137 Å². The van der Waals surface area contributed by atoms with E-state index in [9.17, 15) is 0 Å². The van der Waals surface area contributed by atoms with Gasteiger partial charge < -0.3 is 5.73 Å². The first-order valence-electron chi connectivity index (χ1n) is 7.89. The van der Waals surface area contributed by atoms with E-state index < -0.39 is 0 Å². The minimum atomic E-state index is 0.235. The predicted molar refractivity (Wildman–Crippen MR) is 93.2 cm³/mol. The molecule has 0 saturated carbocycles. The number of hydrogen-bond donors (Lipinski definition) is 1. The first-order chi connectivity index (χ1) is 10.6. The van der Waals surface area contributed by atoms with Crippen molar-refractivity contribution in [1.29, 1.82) is 0 Å². The zero-order chi connectivity index (χ0) is 15.5. The highest BCUT2D eigenvalue weighted by Gasteiger charge is 2.26. The topological polar surface area (TPSA) is 29.3 Å². The number of benzene rings is 2. The summed E-state index contributed by atoms with van der Waals surface area (Å²) in [5.41, 5.74) is 10.4. The summed E-state index contributed by atoms with van der Waals surface area (Å²) in [5, 5.41) is 0.792. The Morgan fingerprint density at radius 2 is 1.82 bits per heavy atom. The Morgan fingerprint density at radius 1 is 1.09 bits per heavy atom. The highest BCUT2D eigenvalue weighted by Crippen LogP contribution is 2.28. The Kier molecular flexibility index (Phi) is 4.82. The molecule has 2 unspecified atom stereocenters. The zero-order valence-electron chi connectivity index (χ0n) is 13.0. The molecule has 0 amide bonds. The van der Waals surface area contributed by atoms with E-state index in [0.29, 0.717) is 5.92 Å². The van der Waals surface area contributed by atoms with Crippen molar-refractivity contribution >= 4 is 11.6 Å². The van der Waals surface area contributed by atoms with Crippen molar-refractivity contribution in [2.75, 3.05) is 13.1 Å². The number of nitrogens with zero attached hydrogens (tertiary/aromatic N) is 1. The fourth-order valence-corrected chi connectivity index (χ4v) is 3.49. The first-order valence-corrected chi connectivity index (χ1v) is 8.27. The van der Waals surface area contributed by atoms with Crippen molar-refractivity contribution in [3.63, 3.8) is 0 Å². The Bertz CT molecular complexity index is 624. The summed E-state index contributed by atoms with van der Waals surface area (Å²) < 4.78 is 0. The molecule has 1 heterocycles. The SMILES string of the molecule is Cc1ccccc1CN1CC(N)CC(c2ccc(Cl)cc2)C1. The quantitative estimate of drug-likeness (QED) is 0.929. The smallest absolute Gasteiger partial charge is 0.0406 e. The van der Waals surface area contributed by atoms with Gasteiger partial charge in [-0.2, -0.15) is 0 Å². The molecule has 2 aromatic carbocycles. The highest BCUT2D eigenvalue weighted by molar-refractivity contribution is 6.30. The highest BCUT2D eigenvalue weighted by atomic mass is 35.5. The van der Waals surface area contributed by atoms with Crippen molar-refractivity contribution in [2.24, 2.45) is 5.73 Å². The third-order valence-electron chi connectivity index (χ3n) is 4.56. The molecule has 0 aromatic heterocycles. The Morgan fingerprint density at radius 3 is 2.55 bits per heavy atom. The number of piperidine rings is 1. The van der Waals surface area contributed by atoms with Crippen molar-refractivity contribution in [3.05, 3.63) is 70.2 Å². The van der Waals surface area contributed by atoms with Crippen LogP contribution in [0.2, 0.25) is 5.02 Å². The number of hydrogen-bond acceptors (Lipinski definition) is 2. The summed E-state index contributed by atoms with van der Waals surface area (Å²) in [6, 6.07) is 17.1. The van der Waals surface area contributed by atoms with Gasteiger partial charge in [-0.15, -0.1) is 0 Å². The van der Waals surface area contributed by atoms with Crippen LogP contribution in [0.4, 0.5) is 0 Å². The van der Waals surface area contributed by atoms with E-state index in [4.69, 9.17) is 17.3 Å². The summed E-state index contributed by atoms with van der Waals surface area (Å²) in [6.45, 7) is 5.18. The minimum absolute atomic E-state index is 0.235. The summed E-state index contributed by atoms with van der Waals surface area (Å²) in [5.74, 6) is 0.491. The van der Waals surface area contributed by atoms with Crippen LogP contribution in [0.25, 0.3) is 0 Å². The third-order valence-corrected chi connectivity index (χ3v) is 4.81. The standard InChI is InChI=1S/C19H23ClN2/c1-14-4-2-3-5-16(14)11-22-12-17(10-19(21)13-22)15-6-8-18(20)9-7-15/h2-9,17,19H,10-13,21H2,1H3. The van der Waals surface area contributed by atoms with Crippen LogP contribution in [-0.4, -0.2) is 24.0 Å². The van der Waals surface area contributed by atoms with Crippen LogP contribution in [0.5, 0.6) is 0 Å². The molecule has 2 aromatic rings. The lowest BCUT2D eigenvalue weighted by molar-refractivity contribution is 0.181. The molecule has 0 spiro atoms. The van der Waals surface area contributed by atoms with Crippen LogP contribution in [-0.2, 0) is 6.54 Å². The average molecular weight is 315 g/mol. The molecule has 2 nitrogen and oxygen atoms in total. The average Bonchev–Trinajstić information content (AvgIpc) is 2.50. The predicted octanol–water partition coefficient (Wildman–Crippen LogP) is 3.97. The lowest BCUT2D eigenvalue weighted by Gasteiger charge is -2.37. The largest absolute Gasteiger partial charge is 0.327 e. The molecule has 2 N–H and O–H groups in total. The van der Waals surface area contributed by atoms with Gasteiger partial charge in [-0.1, -0.05) is 48.0 Å². The van der Waals surface area contributed by atoms with Gasteiger partial charge >= 0.3 is 0 Å². The zero-order valence-corrected chi connectivity index (χ0v) is 13.8. The Hall–Kier alpha value is -1.35. The molecule has 3 rings (SSSR count). The van der Waals surface area contributed by atoms with Crippen molar-refractivity contribution in [2.45, 2.75) is 31.8 Å². The van der Waals surface area contributed by atoms with Gasteiger partial charge in [0.25, 0.3) is 0 Å². The molecule has 0 bridgehead atoms. The maximum atomic E-state index is 6.31. The van der Waals surface area contributed by atoms with Crippen molar-refractivity contribution < 1.29 is 0 Å². The van der Waals surface area contributed by atoms with E-state index in [-0.39, 0.29) is 6.04 Å². The molecule has 116 valence electrons. The van der Waals surface area contributed by atoms with Gasteiger partial charge in [0.05, 0.1) is 0 Å². The maximum Gasteiger partial charge on any atom is 0.0406 e. The number of rotatable bonds is 3. The van der Waals surface area contributed by atoms with E-state index in [1.54, 1.807) is 0 Å². The summed E-state index contributed by atoms with van der Waals surface area (Å²) in [6.07, 6.45) is 1.05. The molecule has 0 aliphatic carbocycles. The minimum Gasteiger partial charge on any atom is -0.327 e. The summed E-state index contributed by atoms with van der Waals surface area (Å²) >= 11 is 6.00. The van der Waals surface area contributed by atoms with Gasteiger partial charge in [0.1, 0.15) is 0 Å². The van der Waals surface area contributed by atoms with Gasteiger partial charge in [0.2, 0.25) is 0 Å². The second-order valence-corrected chi connectivity index (χ2v) is 6.80. The number of aryl methyl sites for hydroxylation is 1. The van der Waals surface area contributed by atoms with E-state index >= 15 is 0 Å². The fourth-order valence-electron chi connectivity index (χ4n) is 3.37. The van der Waals surface area contributed by atoms with E-state index in [1.165, 1.54) is 16.7 Å². The summed E-state index contributed by atoms with van der Waals surface area (Å²) in [7, 11) is 0. The molecule has 1 aliphatic heterocycles. The molecule has 1 saturated heterocycles. The van der Waals surface area contributed by atoms with Gasteiger partial charge in [-0.25, -0.2) is 0 Å². The normalized spacial score (nSPS) is 22.7. The van der Waals surface area contributed by atoms with Crippen LogP contribution in [0, 0.1) is 6.92 Å². The second kappa shape index (κ2) is 6.82. The molecule has 1 aliphatic rings. The van der Waals surface area contributed by atoms with Crippen LogP contribution in [0.15, 0.2) is 48.5 Å². The Balaban J connectivity index is 1.73. The van der Waals surface area contributed by atoms with Crippen LogP contribution < -0.4 is 5.73 Å². The second-order valence-electron chi connectivity index (χ2n) is 6.36. The van der Waals surface area contributed by atoms with Crippen molar-refractivity contribution in [1.82, 2.24) is 4.90 Å². The van der Waals surface area contributed by atoms with Gasteiger partial charge in [0.15, 0.2) is 0 Å². The van der Waals surface area contributed by atoms with E-state index in [1.807, 2.05) is 12.1 Å².